The van der Waals surface area contributed by atoms with E-state index in [2.05, 4.69) is 49.8 Å². The Labute approximate surface area is 170 Å². The van der Waals surface area contributed by atoms with E-state index in [0.717, 1.165) is 64.0 Å². The summed E-state index contributed by atoms with van der Waals surface area (Å²) in [6.45, 7) is 10.6. The van der Waals surface area contributed by atoms with Gasteiger partial charge in [0.1, 0.15) is 0 Å². The molecule has 0 fully saturated rings. The van der Waals surface area contributed by atoms with Crippen LogP contribution >= 0.6 is 22.9 Å². The maximum atomic E-state index is 13.3. The Kier molecular flexibility index (Phi) is 6.40. The molecule has 0 saturated carbocycles. The van der Waals surface area contributed by atoms with Gasteiger partial charge in [-0.15, -0.1) is 11.3 Å². The van der Waals surface area contributed by atoms with Crippen molar-refractivity contribution in [1.82, 2.24) is 4.90 Å². The van der Waals surface area contributed by atoms with Gasteiger partial charge in [0.2, 0.25) is 0 Å². The lowest BCUT2D eigenvalue weighted by Gasteiger charge is -2.24. The highest BCUT2D eigenvalue weighted by molar-refractivity contribution is 7.24. The second-order valence-corrected chi connectivity index (χ2v) is 8.47. The molecule has 0 aliphatic heterocycles. The van der Waals surface area contributed by atoms with Crippen LogP contribution in [0.3, 0.4) is 0 Å². The van der Waals surface area contributed by atoms with Crippen LogP contribution in [0.4, 0.5) is 5.69 Å². The van der Waals surface area contributed by atoms with E-state index < -0.39 is 0 Å². The van der Waals surface area contributed by atoms with Gasteiger partial charge in [0.05, 0.1) is 5.39 Å². The van der Waals surface area contributed by atoms with Crippen molar-refractivity contribution in [3.8, 4) is 0 Å². The Morgan fingerprint density at radius 3 is 2.52 bits per heavy atom. The Hall–Kier alpha value is -1.62. The summed E-state index contributed by atoms with van der Waals surface area (Å²) in [5, 5.41) is 2.25. The van der Waals surface area contributed by atoms with Gasteiger partial charge in [0.25, 0.3) is 0 Å². The Balaban J connectivity index is 2.02. The van der Waals surface area contributed by atoms with Crippen molar-refractivity contribution in [3.63, 3.8) is 0 Å². The zero-order valence-electron chi connectivity index (χ0n) is 16.5. The van der Waals surface area contributed by atoms with Crippen molar-refractivity contribution in [2.24, 2.45) is 0 Å². The fraction of sp³-hybridized carbons (Fsp3) is 0.409. The second kappa shape index (κ2) is 8.59. The van der Waals surface area contributed by atoms with E-state index in [-0.39, 0.29) is 5.43 Å². The number of nitrogens with zero attached hydrogens (tertiary/aromatic N) is 2. The molecule has 2 aromatic carbocycles. The summed E-state index contributed by atoms with van der Waals surface area (Å²) >= 11 is 7.80. The summed E-state index contributed by atoms with van der Waals surface area (Å²) in [5.41, 5.74) is 2.26. The summed E-state index contributed by atoms with van der Waals surface area (Å²) in [6, 6.07) is 9.74. The highest BCUT2D eigenvalue weighted by Crippen LogP contribution is 2.34. The molecule has 0 N–H and O–H groups in total. The molecule has 0 radical (unpaired) electrons. The fourth-order valence-electron chi connectivity index (χ4n) is 3.55. The van der Waals surface area contributed by atoms with E-state index in [1.54, 1.807) is 17.4 Å². The summed E-state index contributed by atoms with van der Waals surface area (Å²) < 4.78 is 2.01. The molecule has 3 aromatic rings. The number of benzene rings is 2. The molecule has 0 aliphatic rings. The lowest BCUT2D eigenvalue weighted by atomic mass is 10.1. The third-order valence-electron chi connectivity index (χ3n) is 5.23. The van der Waals surface area contributed by atoms with Gasteiger partial charge in [-0.3, -0.25) is 4.79 Å². The molecule has 0 saturated heterocycles. The van der Waals surface area contributed by atoms with Gasteiger partial charge in [-0.2, -0.15) is 0 Å². The lowest BCUT2D eigenvalue weighted by molar-refractivity contribution is 0.301. The van der Waals surface area contributed by atoms with Crippen molar-refractivity contribution >= 4 is 48.8 Å². The topological polar surface area (TPSA) is 23.6 Å². The molecular formula is C22H27ClN2OS. The molecule has 0 spiro atoms. The summed E-state index contributed by atoms with van der Waals surface area (Å²) in [5.74, 6) is 0. The standard InChI is InChI=1S/C22H27ClN2OS/c1-5-25(6-2)13-7-12-24(4)18-11-8-15(3)22-20(18)21(26)17-10-9-16(23)14-19(17)27-22/h8-11,14H,5-7,12-13H2,1-4H3. The van der Waals surface area contributed by atoms with Gasteiger partial charge in [-0.05, 0) is 62.8 Å². The minimum absolute atomic E-state index is 0.102. The maximum Gasteiger partial charge on any atom is 0.197 e. The first-order chi connectivity index (χ1) is 13.0. The third kappa shape index (κ3) is 4.13. The lowest BCUT2D eigenvalue weighted by Crippen LogP contribution is -2.28. The largest absolute Gasteiger partial charge is 0.374 e. The van der Waals surface area contributed by atoms with E-state index in [0.29, 0.717) is 5.02 Å². The SMILES string of the molecule is CCN(CC)CCCN(C)c1ccc(C)c2sc3cc(Cl)ccc3c(=O)c12. The molecule has 0 bridgehead atoms. The van der Waals surface area contributed by atoms with Crippen molar-refractivity contribution in [3.05, 3.63) is 51.1 Å². The van der Waals surface area contributed by atoms with Crippen LogP contribution in [0.1, 0.15) is 25.8 Å². The van der Waals surface area contributed by atoms with Crippen molar-refractivity contribution < 1.29 is 0 Å². The number of aryl methyl sites for hydroxylation is 1. The maximum absolute atomic E-state index is 13.3. The van der Waals surface area contributed by atoms with E-state index in [1.807, 2.05) is 12.1 Å². The molecule has 1 heterocycles. The van der Waals surface area contributed by atoms with E-state index in [9.17, 15) is 4.79 Å². The van der Waals surface area contributed by atoms with Crippen LogP contribution in [0.2, 0.25) is 5.02 Å². The van der Waals surface area contributed by atoms with Gasteiger partial charge in [-0.25, -0.2) is 0 Å². The second-order valence-electron chi connectivity index (χ2n) is 6.98. The van der Waals surface area contributed by atoms with Crippen LogP contribution in [0.5, 0.6) is 0 Å². The van der Waals surface area contributed by atoms with Crippen LogP contribution in [-0.4, -0.2) is 38.1 Å². The number of hydrogen-bond acceptors (Lipinski definition) is 4. The smallest absolute Gasteiger partial charge is 0.197 e. The van der Waals surface area contributed by atoms with Gasteiger partial charge in [-0.1, -0.05) is 31.5 Å². The first kappa shape index (κ1) is 20.1. The molecule has 0 unspecified atom stereocenters. The normalized spacial score (nSPS) is 11.6. The molecule has 5 heteroatoms. The van der Waals surface area contributed by atoms with Crippen LogP contribution in [0.15, 0.2) is 35.1 Å². The fourth-order valence-corrected chi connectivity index (χ4v) is 4.99. The molecule has 144 valence electrons. The minimum Gasteiger partial charge on any atom is -0.374 e. The van der Waals surface area contributed by atoms with Crippen molar-refractivity contribution in [2.45, 2.75) is 27.2 Å². The molecule has 0 atom stereocenters. The molecule has 0 aliphatic carbocycles. The van der Waals surface area contributed by atoms with Crippen molar-refractivity contribution in [1.29, 1.82) is 0 Å². The summed E-state index contributed by atoms with van der Waals surface area (Å²) in [6.07, 6.45) is 1.08. The van der Waals surface area contributed by atoms with Crippen molar-refractivity contribution in [2.75, 3.05) is 38.1 Å². The quantitative estimate of drug-likeness (QED) is 0.484. The van der Waals surface area contributed by atoms with Crippen LogP contribution < -0.4 is 10.3 Å². The number of anilines is 1. The van der Waals surface area contributed by atoms with E-state index in [1.165, 1.54) is 0 Å². The minimum atomic E-state index is 0.102. The zero-order valence-corrected chi connectivity index (χ0v) is 18.1. The molecule has 3 nitrogen and oxygen atoms in total. The first-order valence-corrected chi connectivity index (χ1v) is 10.7. The first-order valence-electron chi connectivity index (χ1n) is 9.55. The average Bonchev–Trinajstić information content (AvgIpc) is 2.66. The van der Waals surface area contributed by atoms with E-state index >= 15 is 0 Å². The Morgan fingerprint density at radius 1 is 1.07 bits per heavy atom. The van der Waals surface area contributed by atoms with Crippen LogP contribution in [-0.2, 0) is 0 Å². The number of fused-ring (bicyclic) bond motifs is 2. The number of halogens is 1. The van der Waals surface area contributed by atoms with Gasteiger partial charge >= 0.3 is 0 Å². The molecule has 0 amide bonds. The summed E-state index contributed by atoms with van der Waals surface area (Å²) in [7, 11) is 2.09. The monoisotopic (exact) mass is 402 g/mol. The van der Waals surface area contributed by atoms with Gasteiger partial charge < -0.3 is 9.80 Å². The highest BCUT2D eigenvalue weighted by atomic mass is 35.5. The predicted molar refractivity (Wildman–Crippen MR) is 121 cm³/mol. The predicted octanol–water partition coefficient (Wildman–Crippen LogP) is 5.54. The Bertz CT molecular complexity index is 1010. The molecular weight excluding hydrogens is 376 g/mol. The van der Waals surface area contributed by atoms with E-state index in [4.69, 9.17) is 11.6 Å². The van der Waals surface area contributed by atoms with Gasteiger partial charge in [0, 0.05) is 39.1 Å². The molecule has 27 heavy (non-hydrogen) atoms. The number of rotatable bonds is 7. The van der Waals surface area contributed by atoms with Crippen LogP contribution in [0.25, 0.3) is 20.2 Å². The summed E-state index contributed by atoms with van der Waals surface area (Å²) in [4.78, 5) is 17.9. The molecule has 3 rings (SSSR count). The number of hydrogen-bond donors (Lipinski definition) is 0. The average molecular weight is 403 g/mol. The van der Waals surface area contributed by atoms with Gasteiger partial charge in [0.15, 0.2) is 5.43 Å². The highest BCUT2D eigenvalue weighted by Gasteiger charge is 2.15. The zero-order chi connectivity index (χ0) is 19.6. The van der Waals surface area contributed by atoms with Crippen LogP contribution in [0, 0.1) is 6.92 Å². The Morgan fingerprint density at radius 2 is 1.81 bits per heavy atom. The molecule has 1 aromatic heterocycles. The third-order valence-corrected chi connectivity index (χ3v) is 6.76.